The summed E-state index contributed by atoms with van der Waals surface area (Å²) in [7, 11) is 1.51. The minimum absolute atomic E-state index is 0.0441. The number of carbonyl (C=O) groups excluding carboxylic acids is 2. The van der Waals surface area contributed by atoms with E-state index in [9.17, 15) is 14.7 Å². The van der Waals surface area contributed by atoms with Gasteiger partial charge in [0.2, 0.25) is 0 Å². The fraction of sp³-hybridized carbons (Fsp3) is 0.556. The van der Waals surface area contributed by atoms with E-state index in [1.165, 1.54) is 11.9 Å². The molecule has 0 aliphatic heterocycles. The van der Waals surface area contributed by atoms with Crippen molar-refractivity contribution in [1.82, 2.24) is 4.90 Å². The molecular formula is C18H26ClNO5. The lowest BCUT2D eigenvalue weighted by molar-refractivity contribution is -0.153. The number of halogens is 1. The molecular weight excluding hydrogens is 346 g/mol. The van der Waals surface area contributed by atoms with E-state index in [1.807, 2.05) is 0 Å². The summed E-state index contributed by atoms with van der Waals surface area (Å²) < 4.78 is 10.3. The third-order valence-electron chi connectivity index (χ3n) is 3.36. The summed E-state index contributed by atoms with van der Waals surface area (Å²) in [6, 6.07) is 6.51. The van der Waals surface area contributed by atoms with Gasteiger partial charge in [-0.1, -0.05) is 23.7 Å². The smallest absolute Gasteiger partial charge is 0.410 e. The predicted molar refractivity (Wildman–Crippen MR) is 95.4 cm³/mol. The maximum Gasteiger partial charge on any atom is 0.410 e. The van der Waals surface area contributed by atoms with Crippen molar-refractivity contribution in [3.05, 3.63) is 34.9 Å². The van der Waals surface area contributed by atoms with Crippen molar-refractivity contribution in [2.75, 3.05) is 20.2 Å². The van der Waals surface area contributed by atoms with Crippen molar-refractivity contribution in [2.45, 2.75) is 39.4 Å². The highest BCUT2D eigenvalue weighted by molar-refractivity contribution is 6.30. The summed E-state index contributed by atoms with van der Waals surface area (Å²) in [4.78, 5) is 25.7. The molecule has 1 aromatic carbocycles. The Morgan fingerprint density at radius 3 is 2.28 bits per heavy atom. The Balaban J connectivity index is 2.94. The molecule has 0 heterocycles. The molecule has 6 nitrogen and oxygen atoms in total. The zero-order valence-electron chi connectivity index (χ0n) is 15.3. The molecule has 1 aromatic rings. The van der Waals surface area contributed by atoms with E-state index in [4.69, 9.17) is 21.1 Å². The van der Waals surface area contributed by atoms with Crippen LogP contribution < -0.4 is 0 Å². The Labute approximate surface area is 153 Å². The van der Waals surface area contributed by atoms with E-state index in [0.29, 0.717) is 10.6 Å². The molecule has 0 saturated heterocycles. The van der Waals surface area contributed by atoms with Crippen LogP contribution in [-0.4, -0.2) is 47.9 Å². The molecule has 0 spiro atoms. The molecule has 25 heavy (non-hydrogen) atoms. The zero-order valence-corrected chi connectivity index (χ0v) is 16.0. The lowest BCUT2D eigenvalue weighted by Gasteiger charge is -2.29. The second-order valence-electron chi connectivity index (χ2n) is 6.72. The molecule has 0 bridgehead atoms. The molecule has 0 aromatic heterocycles. The average molecular weight is 372 g/mol. The van der Waals surface area contributed by atoms with Crippen molar-refractivity contribution in [1.29, 1.82) is 0 Å². The van der Waals surface area contributed by atoms with E-state index in [2.05, 4.69) is 0 Å². The Hall–Kier alpha value is -1.79. The normalized spacial score (nSPS) is 13.7. The monoisotopic (exact) mass is 371 g/mol. The molecule has 1 amide bonds. The van der Waals surface area contributed by atoms with Gasteiger partial charge in [0.15, 0.2) is 0 Å². The number of esters is 1. The van der Waals surface area contributed by atoms with Crippen LogP contribution in [-0.2, 0) is 14.3 Å². The first-order chi connectivity index (χ1) is 11.5. The Bertz CT molecular complexity index is 582. The minimum Gasteiger partial charge on any atom is -0.466 e. The summed E-state index contributed by atoms with van der Waals surface area (Å²) in [5.74, 6) is -1.53. The first-order valence-electron chi connectivity index (χ1n) is 8.09. The van der Waals surface area contributed by atoms with Crippen LogP contribution in [0.15, 0.2) is 24.3 Å². The van der Waals surface area contributed by atoms with Crippen molar-refractivity contribution >= 4 is 23.7 Å². The van der Waals surface area contributed by atoms with Gasteiger partial charge in [-0.15, -0.1) is 0 Å². The van der Waals surface area contributed by atoms with Crippen LogP contribution in [0.3, 0.4) is 0 Å². The lowest BCUT2D eigenvalue weighted by atomic mass is 9.95. The topological polar surface area (TPSA) is 76.1 Å². The second kappa shape index (κ2) is 9.06. The Morgan fingerprint density at radius 1 is 1.24 bits per heavy atom. The molecule has 0 radical (unpaired) electrons. The zero-order chi connectivity index (χ0) is 19.2. The van der Waals surface area contributed by atoms with Gasteiger partial charge in [-0.25, -0.2) is 4.79 Å². The van der Waals surface area contributed by atoms with Gasteiger partial charge >= 0.3 is 12.1 Å². The third-order valence-corrected chi connectivity index (χ3v) is 3.61. The van der Waals surface area contributed by atoms with Gasteiger partial charge in [0, 0.05) is 18.6 Å². The van der Waals surface area contributed by atoms with Gasteiger partial charge in [0.05, 0.1) is 12.7 Å². The van der Waals surface area contributed by atoms with Gasteiger partial charge in [0.25, 0.3) is 0 Å². The maximum atomic E-state index is 12.3. The average Bonchev–Trinajstić information content (AvgIpc) is 2.51. The Morgan fingerprint density at radius 2 is 1.80 bits per heavy atom. The van der Waals surface area contributed by atoms with Crippen LogP contribution in [0.1, 0.15) is 39.4 Å². The van der Waals surface area contributed by atoms with Crippen molar-refractivity contribution in [3.8, 4) is 0 Å². The molecule has 1 rings (SSSR count). The molecule has 2 unspecified atom stereocenters. The van der Waals surface area contributed by atoms with Crippen LogP contribution in [0.4, 0.5) is 4.79 Å². The molecule has 0 saturated carbocycles. The number of aliphatic hydroxyl groups excluding tert-OH is 1. The summed E-state index contributed by atoms with van der Waals surface area (Å²) in [6.07, 6.45) is -1.72. The van der Waals surface area contributed by atoms with Crippen molar-refractivity contribution < 1.29 is 24.2 Å². The number of hydrogen-bond donors (Lipinski definition) is 1. The maximum absolute atomic E-state index is 12.3. The summed E-state index contributed by atoms with van der Waals surface area (Å²) >= 11 is 5.85. The molecule has 2 atom stereocenters. The fourth-order valence-electron chi connectivity index (χ4n) is 2.15. The number of nitrogens with zero attached hydrogens (tertiary/aromatic N) is 1. The van der Waals surface area contributed by atoms with Crippen molar-refractivity contribution in [2.24, 2.45) is 5.92 Å². The first-order valence-corrected chi connectivity index (χ1v) is 8.47. The van der Waals surface area contributed by atoms with Gasteiger partial charge in [-0.2, -0.15) is 0 Å². The SMILES string of the molecule is CCOC(=O)C(CN(C)C(=O)OC(C)(C)C)C(O)c1ccc(Cl)cc1. The van der Waals surface area contributed by atoms with Crippen LogP contribution >= 0.6 is 11.6 Å². The highest BCUT2D eigenvalue weighted by atomic mass is 35.5. The molecule has 0 fully saturated rings. The molecule has 7 heteroatoms. The standard InChI is InChI=1S/C18H26ClNO5/c1-6-24-16(22)14(11-20(5)17(23)25-18(2,3)4)15(21)12-7-9-13(19)10-8-12/h7-10,14-15,21H,6,11H2,1-5H3. The number of carbonyl (C=O) groups is 2. The number of benzene rings is 1. The highest BCUT2D eigenvalue weighted by Crippen LogP contribution is 2.26. The number of hydrogen-bond acceptors (Lipinski definition) is 5. The summed E-state index contributed by atoms with van der Waals surface area (Å²) in [6.45, 7) is 7.08. The van der Waals surface area contributed by atoms with E-state index < -0.39 is 29.7 Å². The summed E-state index contributed by atoms with van der Waals surface area (Å²) in [5.41, 5.74) is -0.139. The third kappa shape index (κ3) is 6.92. The number of aliphatic hydroxyl groups is 1. The summed E-state index contributed by atoms with van der Waals surface area (Å²) in [5, 5.41) is 11.1. The highest BCUT2D eigenvalue weighted by Gasteiger charge is 2.33. The largest absolute Gasteiger partial charge is 0.466 e. The van der Waals surface area contributed by atoms with Gasteiger partial charge in [-0.05, 0) is 45.4 Å². The molecule has 0 aliphatic carbocycles. The number of rotatable bonds is 6. The van der Waals surface area contributed by atoms with Gasteiger partial charge < -0.3 is 19.5 Å². The molecule has 0 aliphatic rings. The lowest BCUT2D eigenvalue weighted by Crippen LogP contribution is -2.41. The second-order valence-corrected chi connectivity index (χ2v) is 7.15. The molecule has 1 N–H and O–H groups in total. The fourth-order valence-corrected chi connectivity index (χ4v) is 2.28. The van der Waals surface area contributed by atoms with Gasteiger partial charge in [-0.3, -0.25) is 4.79 Å². The van der Waals surface area contributed by atoms with Crippen LogP contribution in [0.2, 0.25) is 5.02 Å². The van der Waals surface area contributed by atoms with E-state index in [1.54, 1.807) is 52.0 Å². The minimum atomic E-state index is -1.14. The van der Waals surface area contributed by atoms with Crippen LogP contribution in [0.25, 0.3) is 0 Å². The number of amides is 1. The number of ether oxygens (including phenoxy) is 2. The Kier molecular flexibility index (Phi) is 7.70. The predicted octanol–water partition coefficient (Wildman–Crippen LogP) is 3.42. The quantitative estimate of drug-likeness (QED) is 0.775. The van der Waals surface area contributed by atoms with Crippen molar-refractivity contribution in [3.63, 3.8) is 0 Å². The van der Waals surface area contributed by atoms with Crippen LogP contribution in [0.5, 0.6) is 0 Å². The van der Waals surface area contributed by atoms with Gasteiger partial charge in [0.1, 0.15) is 11.5 Å². The van der Waals surface area contributed by atoms with Crippen LogP contribution in [0, 0.1) is 5.92 Å². The van der Waals surface area contributed by atoms with E-state index >= 15 is 0 Å². The first kappa shape index (κ1) is 21.3. The van der Waals surface area contributed by atoms with E-state index in [-0.39, 0.29) is 13.2 Å². The molecule has 140 valence electrons. The van der Waals surface area contributed by atoms with E-state index in [0.717, 1.165) is 0 Å².